The average molecular weight is 457 g/mol. The number of hydrogen-bond donors (Lipinski definition) is 1. The van der Waals surface area contributed by atoms with Crippen LogP contribution in [0.3, 0.4) is 0 Å². The first-order chi connectivity index (χ1) is 15.8. The number of aromatic amines is 1. The SMILES string of the molecule is O=C(c1cc(-c2ccc(F)cc2)n[nH]1)N1CC(c2nc(-c3cccc(C(F)(F)F)c3)no2)C1. The molecule has 5 rings (SSSR count). The highest BCUT2D eigenvalue weighted by atomic mass is 19.4. The summed E-state index contributed by atoms with van der Waals surface area (Å²) >= 11 is 0. The van der Waals surface area contributed by atoms with Crippen LogP contribution in [0.5, 0.6) is 0 Å². The van der Waals surface area contributed by atoms with Crippen LogP contribution in [-0.4, -0.2) is 44.2 Å². The lowest BCUT2D eigenvalue weighted by Gasteiger charge is -2.36. The molecule has 1 saturated heterocycles. The molecule has 33 heavy (non-hydrogen) atoms. The maximum Gasteiger partial charge on any atom is 0.416 e. The second-order valence-corrected chi connectivity index (χ2v) is 7.62. The number of hydrogen-bond acceptors (Lipinski definition) is 5. The van der Waals surface area contributed by atoms with Crippen molar-refractivity contribution in [2.45, 2.75) is 12.1 Å². The molecular weight excluding hydrogens is 442 g/mol. The molecule has 1 amide bonds. The van der Waals surface area contributed by atoms with E-state index in [1.54, 1.807) is 23.1 Å². The lowest BCUT2D eigenvalue weighted by molar-refractivity contribution is -0.137. The Kier molecular flexibility index (Phi) is 4.95. The van der Waals surface area contributed by atoms with E-state index in [0.29, 0.717) is 24.3 Å². The van der Waals surface area contributed by atoms with Gasteiger partial charge >= 0.3 is 6.18 Å². The number of nitrogens with zero attached hydrogens (tertiary/aromatic N) is 4. The monoisotopic (exact) mass is 457 g/mol. The number of benzene rings is 2. The number of alkyl halides is 3. The van der Waals surface area contributed by atoms with Gasteiger partial charge in [-0.15, -0.1) is 0 Å². The van der Waals surface area contributed by atoms with Gasteiger partial charge in [-0.2, -0.15) is 23.3 Å². The maximum absolute atomic E-state index is 13.1. The lowest BCUT2D eigenvalue weighted by Crippen LogP contribution is -2.48. The Balaban J connectivity index is 1.24. The third-order valence-corrected chi connectivity index (χ3v) is 5.36. The van der Waals surface area contributed by atoms with Gasteiger partial charge in [-0.1, -0.05) is 17.3 Å². The summed E-state index contributed by atoms with van der Waals surface area (Å²) in [6.07, 6.45) is -4.47. The Bertz CT molecular complexity index is 1310. The number of carbonyl (C=O) groups excluding carboxylic acids is 1. The van der Waals surface area contributed by atoms with Crippen LogP contribution in [0.15, 0.2) is 59.1 Å². The molecule has 1 aliphatic rings. The van der Waals surface area contributed by atoms with Crippen LogP contribution < -0.4 is 0 Å². The van der Waals surface area contributed by atoms with Crippen LogP contribution in [0.1, 0.15) is 27.9 Å². The van der Waals surface area contributed by atoms with Gasteiger partial charge in [0.25, 0.3) is 5.91 Å². The summed E-state index contributed by atoms with van der Waals surface area (Å²) in [5, 5.41) is 10.6. The van der Waals surface area contributed by atoms with Crippen molar-refractivity contribution in [1.82, 2.24) is 25.2 Å². The van der Waals surface area contributed by atoms with Crippen molar-refractivity contribution in [2.75, 3.05) is 13.1 Å². The van der Waals surface area contributed by atoms with Crippen LogP contribution in [-0.2, 0) is 6.18 Å². The molecule has 11 heteroatoms. The van der Waals surface area contributed by atoms with Gasteiger partial charge in [-0.3, -0.25) is 9.89 Å². The summed E-state index contributed by atoms with van der Waals surface area (Å²) in [4.78, 5) is 18.4. The highest BCUT2D eigenvalue weighted by Crippen LogP contribution is 2.33. The van der Waals surface area contributed by atoms with Crippen molar-refractivity contribution in [3.05, 3.63) is 77.6 Å². The topological polar surface area (TPSA) is 87.9 Å². The van der Waals surface area contributed by atoms with E-state index in [1.807, 2.05) is 0 Å². The number of halogens is 4. The maximum atomic E-state index is 13.1. The van der Waals surface area contributed by atoms with Gasteiger partial charge in [0, 0.05) is 24.2 Å². The number of H-pyrrole nitrogens is 1. The predicted molar refractivity (Wildman–Crippen MR) is 107 cm³/mol. The Morgan fingerprint density at radius 1 is 1.06 bits per heavy atom. The molecule has 1 fully saturated rings. The van der Waals surface area contributed by atoms with E-state index < -0.39 is 11.7 Å². The number of likely N-dealkylation sites (tertiary alicyclic amines) is 1. The van der Waals surface area contributed by atoms with E-state index in [9.17, 15) is 22.4 Å². The van der Waals surface area contributed by atoms with Crippen molar-refractivity contribution in [2.24, 2.45) is 0 Å². The summed E-state index contributed by atoms with van der Waals surface area (Å²) in [5.74, 6) is -0.555. The smallest absolute Gasteiger partial charge is 0.339 e. The molecule has 0 saturated carbocycles. The fourth-order valence-electron chi connectivity index (χ4n) is 3.52. The standard InChI is InChI=1S/C22H15F4N5O2/c23-16-6-4-12(5-7-16)17-9-18(29-28-17)21(32)31-10-14(11-31)20-27-19(30-33-20)13-2-1-3-15(8-13)22(24,25)26/h1-9,14H,10-11H2,(H,28,29). The first-order valence-corrected chi connectivity index (χ1v) is 9.90. The number of rotatable bonds is 4. The minimum absolute atomic E-state index is 0.0541. The van der Waals surface area contributed by atoms with Crippen molar-refractivity contribution in [3.63, 3.8) is 0 Å². The highest BCUT2D eigenvalue weighted by molar-refractivity contribution is 5.94. The Labute approximate surface area is 184 Å². The zero-order chi connectivity index (χ0) is 23.2. The third-order valence-electron chi connectivity index (χ3n) is 5.36. The molecule has 1 N–H and O–H groups in total. The molecule has 0 aliphatic carbocycles. The molecule has 168 valence electrons. The van der Waals surface area contributed by atoms with Crippen LogP contribution in [0.2, 0.25) is 0 Å². The van der Waals surface area contributed by atoms with Crippen molar-refractivity contribution >= 4 is 5.91 Å². The number of carbonyl (C=O) groups is 1. The molecule has 2 aromatic heterocycles. The molecule has 2 aromatic carbocycles. The molecule has 0 spiro atoms. The van der Waals surface area contributed by atoms with E-state index in [1.165, 1.54) is 24.3 Å². The molecule has 0 bridgehead atoms. The molecule has 3 heterocycles. The summed E-state index contributed by atoms with van der Waals surface area (Å²) < 4.78 is 57.1. The van der Waals surface area contributed by atoms with E-state index >= 15 is 0 Å². The van der Waals surface area contributed by atoms with Crippen LogP contribution in [0.25, 0.3) is 22.6 Å². The van der Waals surface area contributed by atoms with Gasteiger partial charge in [0.2, 0.25) is 11.7 Å². The molecular formula is C22H15F4N5O2. The van der Waals surface area contributed by atoms with E-state index in [0.717, 1.165) is 12.1 Å². The summed E-state index contributed by atoms with van der Waals surface area (Å²) in [6.45, 7) is 0.627. The van der Waals surface area contributed by atoms with E-state index in [2.05, 4.69) is 20.3 Å². The number of nitrogens with one attached hydrogen (secondary N) is 1. The zero-order valence-corrected chi connectivity index (χ0v) is 16.8. The predicted octanol–water partition coefficient (Wildman–Crippen LogP) is 4.52. The second kappa shape index (κ2) is 7.84. The summed E-state index contributed by atoms with van der Waals surface area (Å²) in [5.41, 5.74) is 0.853. The Morgan fingerprint density at radius 3 is 2.55 bits per heavy atom. The lowest BCUT2D eigenvalue weighted by atomic mass is 9.99. The first kappa shape index (κ1) is 20.9. The van der Waals surface area contributed by atoms with E-state index in [-0.39, 0.29) is 40.6 Å². The molecule has 7 nitrogen and oxygen atoms in total. The summed E-state index contributed by atoms with van der Waals surface area (Å²) in [6, 6.07) is 12.0. The fraction of sp³-hybridized carbons (Fsp3) is 0.182. The highest BCUT2D eigenvalue weighted by Gasteiger charge is 2.37. The largest absolute Gasteiger partial charge is 0.416 e. The molecule has 0 atom stereocenters. The van der Waals surface area contributed by atoms with Gasteiger partial charge < -0.3 is 9.42 Å². The van der Waals surface area contributed by atoms with Crippen molar-refractivity contribution < 1.29 is 26.9 Å². The van der Waals surface area contributed by atoms with Gasteiger partial charge in [0.1, 0.15) is 11.5 Å². The molecule has 0 radical (unpaired) electrons. The van der Waals surface area contributed by atoms with Crippen molar-refractivity contribution in [3.8, 4) is 22.6 Å². The van der Waals surface area contributed by atoms with Crippen LogP contribution in [0, 0.1) is 5.82 Å². The number of amides is 1. The zero-order valence-electron chi connectivity index (χ0n) is 16.8. The van der Waals surface area contributed by atoms with E-state index in [4.69, 9.17) is 4.52 Å². The first-order valence-electron chi connectivity index (χ1n) is 9.90. The minimum atomic E-state index is -4.47. The molecule has 0 unspecified atom stereocenters. The average Bonchev–Trinajstić information content (AvgIpc) is 3.43. The van der Waals surface area contributed by atoms with Gasteiger partial charge in [-0.25, -0.2) is 4.39 Å². The summed E-state index contributed by atoms with van der Waals surface area (Å²) in [7, 11) is 0. The fourth-order valence-corrected chi connectivity index (χ4v) is 3.52. The molecule has 4 aromatic rings. The third kappa shape index (κ3) is 4.09. The number of aromatic nitrogens is 4. The second-order valence-electron chi connectivity index (χ2n) is 7.62. The quantitative estimate of drug-likeness (QED) is 0.455. The van der Waals surface area contributed by atoms with Crippen LogP contribution >= 0.6 is 0 Å². The Morgan fingerprint density at radius 2 is 1.82 bits per heavy atom. The normalized spacial score (nSPS) is 14.4. The van der Waals surface area contributed by atoms with Gasteiger partial charge in [0.05, 0.1) is 17.2 Å². The van der Waals surface area contributed by atoms with Gasteiger partial charge in [0.15, 0.2) is 0 Å². The van der Waals surface area contributed by atoms with Crippen molar-refractivity contribution in [1.29, 1.82) is 0 Å². The molecule has 1 aliphatic heterocycles. The van der Waals surface area contributed by atoms with Gasteiger partial charge in [-0.05, 0) is 42.5 Å². The Hall–Kier alpha value is -4.02. The minimum Gasteiger partial charge on any atom is -0.339 e. The van der Waals surface area contributed by atoms with Crippen LogP contribution in [0.4, 0.5) is 17.6 Å².